The minimum absolute atomic E-state index is 0.00468. The largest absolute Gasteiger partial charge is 0.466 e. The van der Waals surface area contributed by atoms with E-state index in [1.807, 2.05) is 61.5 Å². The van der Waals surface area contributed by atoms with Gasteiger partial charge in [0.2, 0.25) is 12.6 Å². The van der Waals surface area contributed by atoms with Crippen LogP contribution in [0.2, 0.25) is 0 Å². The van der Waals surface area contributed by atoms with Gasteiger partial charge in [0, 0.05) is 42.0 Å². The van der Waals surface area contributed by atoms with E-state index in [9.17, 15) is 14.7 Å². The van der Waals surface area contributed by atoms with Gasteiger partial charge in [-0.2, -0.15) is 0 Å². The summed E-state index contributed by atoms with van der Waals surface area (Å²) in [5.74, 6) is -2.04. The van der Waals surface area contributed by atoms with Crippen molar-refractivity contribution in [1.82, 2.24) is 0 Å². The number of fused-ring (bicyclic) bond motifs is 4. The summed E-state index contributed by atoms with van der Waals surface area (Å²) in [7, 11) is 5.27. The first-order valence-corrected chi connectivity index (χ1v) is 27.5. The molecule has 10 rings (SSSR count). The quantitative estimate of drug-likeness (QED) is 0.0684. The number of ether oxygens (including phenoxy) is 16. The van der Waals surface area contributed by atoms with Gasteiger partial charge in [-0.25, -0.2) is 0 Å². The lowest BCUT2D eigenvalue weighted by Gasteiger charge is -2.22. The number of nitrogens with zero attached hydrogens (tertiary/aromatic N) is 6. The number of hydrogen-bond donors (Lipinski definition) is 5. The number of rotatable bonds is 10. The number of nitrogens with two attached hydrogens (primary N) is 1. The maximum absolute atomic E-state index is 11.0. The molecule has 0 aromatic rings. The average Bonchev–Trinajstić information content (AvgIpc) is 4.50. The maximum Gasteiger partial charge on any atom is 0.305 e. The number of esters is 2. The normalized spacial score (nSPS) is 41.5. The van der Waals surface area contributed by atoms with Crippen molar-refractivity contribution in [1.29, 1.82) is 0 Å². The Labute approximate surface area is 473 Å². The molecule has 0 aromatic carbocycles. The highest BCUT2D eigenvalue weighted by Crippen LogP contribution is 2.43. The summed E-state index contributed by atoms with van der Waals surface area (Å²) in [6.07, 6.45) is -1.68. The van der Waals surface area contributed by atoms with Crippen LogP contribution in [-0.4, -0.2) is 205 Å². The fourth-order valence-electron chi connectivity index (χ4n) is 10.3. The van der Waals surface area contributed by atoms with Gasteiger partial charge in [0.15, 0.2) is 48.1 Å². The molecule has 0 aromatic heterocycles. The van der Waals surface area contributed by atoms with E-state index in [-0.39, 0.29) is 56.3 Å². The summed E-state index contributed by atoms with van der Waals surface area (Å²) in [4.78, 5) is 27.5. The molecule has 460 valence electrons. The Kier molecular flexibility index (Phi) is 24.4. The second-order valence-corrected chi connectivity index (χ2v) is 22.3. The number of carbonyl (C=O) groups excluding carboxylic acids is 2. The second kappa shape index (κ2) is 29.0. The van der Waals surface area contributed by atoms with E-state index in [1.165, 1.54) is 13.8 Å². The first-order valence-electron chi connectivity index (χ1n) is 27.5. The van der Waals surface area contributed by atoms with Crippen LogP contribution in [0.5, 0.6) is 0 Å². The molecule has 29 nitrogen and oxygen atoms in total. The molecule has 0 bridgehead atoms. The fourth-order valence-corrected chi connectivity index (χ4v) is 10.3. The summed E-state index contributed by atoms with van der Waals surface area (Å²) in [6.45, 7) is 27.0. The number of allylic oxidation sites excluding steroid dienone is 1. The zero-order valence-electron chi connectivity index (χ0n) is 49.0. The zero-order chi connectivity index (χ0) is 60.5. The first-order chi connectivity index (χ1) is 37.9. The fraction of sp³-hybridized carbons (Fsp3) is 0.922. The number of aliphatic hydroxyl groups excluding tert-OH is 4. The van der Waals surface area contributed by atoms with Crippen molar-refractivity contribution >= 4 is 19.8 Å². The topological polar surface area (TPSA) is 386 Å². The lowest BCUT2D eigenvalue weighted by atomic mass is 9.92. The van der Waals surface area contributed by atoms with Crippen molar-refractivity contribution in [2.75, 3.05) is 13.2 Å². The van der Waals surface area contributed by atoms with Crippen molar-refractivity contribution in [3.63, 3.8) is 0 Å². The summed E-state index contributed by atoms with van der Waals surface area (Å²) in [6, 6.07) is -2.31. The SMILES string of the molecule is CC1(C)OC2[C@@H](O[C@H](CO)[C@@H]2O)O1.CCC1=CC2OC(C)(C)O[C@@H]2O1.CC[C@H]1O[C@@H](OC(C)=O)C(OC(C)=O)[C@H]1N=[N+]=[N-].CC[C@H]1O[C@H]2OC(C)(C)OC2[C@H]1C.CC[C@H]1O[C@H]2OC(C)(C)OC2[C@H]1N=[N+]=[N-].[B][C@@H]1O[C@H](CO)[C@H](N)C1O. The maximum atomic E-state index is 11.0. The van der Waals surface area contributed by atoms with Gasteiger partial charge in [0.1, 0.15) is 50.5 Å². The van der Waals surface area contributed by atoms with Gasteiger partial charge in [-0.1, -0.05) is 44.8 Å². The van der Waals surface area contributed by atoms with E-state index < -0.39 is 115 Å². The van der Waals surface area contributed by atoms with Crippen LogP contribution in [-0.2, 0) is 85.4 Å². The summed E-state index contributed by atoms with van der Waals surface area (Å²) >= 11 is 0. The molecule has 10 heterocycles. The number of azide groups is 2. The van der Waals surface area contributed by atoms with Crippen LogP contribution in [0.25, 0.3) is 20.9 Å². The Morgan fingerprint density at radius 2 is 1.07 bits per heavy atom. The van der Waals surface area contributed by atoms with Crippen LogP contribution in [0, 0.1) is 5.92 Å². The predicted octanol–water partition coefficient (Wildman–Crippen LogP) is 3.72. The molecule has 0 spiro atoms. The molecule has 6 unspecified atom stereocenters. The summed E-state index contributed by atoms with van der Waals surface area (Å²) < 4.78 is 86.8. The molecule has 81 heavy (non-hydrogen) atoms. The lowest BCUT2D eigenvalue weighted by Crippen LogP contribution is -2.41. The molecule has 0 amide bonds. The molecule has 10 aliphatic rings. The van der Waals surface area contributed by atoms with Crippen LogP contribution in [0.4, 0.5) is 0 Å². The zero-order valence-corrected chi connectivity index (χ0v) is 49.0. The molecule has 30 heteroatoms. The monoisotopic (exact) mass is 1160 g/mol. The molecule has 22 atom stereocenters. The van der Waals surface area contributed by atoms with Crippen LogP contribution in [0.1, 0.15) is 130 Å². The van der Waals surface area contributed by atoms with Gasteiger partial charge in [0.05, 0.1) is 61.6 Å². The molecule has 2 radical (unpaired) electrons. The number of aliphatic hydroxyl groups is 4. The minimum Gasteiger partial charge on any atom is -0.466 e. The van der Waals surface area contributed by atoms with Crippen LogP contribution >= 0.6 is 0 Å². The minimum atomic E-state index is -1.04. The number of carbonyl (C=O) groups is 2. The highest BCUT2D eigenvalue weighted by Gasteiger charge is 2.56. The molecule has 0 aliphatic carbocycles. The number of hydrogen-bond acceptors (Lipinski definition) is 25. The van der Waals surface area contributed by atoms with Crippen LogP contribution in [0.15, 0.2) is 22.1 Å². The predicted molar refractivity (Wildman–Crippen MR) is 280 cm³/mol. The van der Waals surface area contributed by atoms with E-state index in [0.717, 1.165) is 25.0 Å². The van der Waals surface area contributed by atoms with E-state index in [1.54, 1.807) is 13.8 Å². The van der Waals surface area contributed by atoms with E-state index in [4.69, 9.17) is 116 Å². The van der Waals surface area contributed by atoms with E-state index in [2.05, 4.69) is 40.8 Å². The van der Waals surface area contributed by atoms with Crippen LogP contribution in [0.3, 0.4) is 0 Å². The van der Waals surface area contributed by atoms with Gasteiger partial charge < -0.3 is 102 Å². The van der Waals surface area contributed by atoms with Gasteiger partial charge in [0.25, 0.3) is 0 Å². The highest BCUT2D eigenvalue weighted by molar-refractivity contribution is 6.11. The highest BCUT2D eigenvalue weighted by atomic mass is 16.9. The van der Waals surface area contributed by atoms with Crippen molar-refractivity contribution in [2.45, 2.75) is 282 Å². The smallest absolute Gasteiger partial charge is 0.305 e. The van der Waals surface area contributed by atoms with Gasteiger partial charge >= 0.3 is 11.9 Å². The molecular formula is C51H86BN7O22. The second-order valence-electron chi connectivity index (χ2n) is 22.3. The molecule has 0 saturated carbocycles. The van der Waals surface area contributed by atoms with Crippen molar-refractivity contribution in [3.8, 4) is 0 Å². The van der Waals surface area contributed by atoms with Crippen molar-refractivity contribution < 1.29 is 106 Å². The molecule has 10 aliphatic heterocycles. The average molecular weight is 1160 g/mol. The third-order valence-corrected chi connectivity index (χ3v) is 14.1. The Balaban J connectivity index is 0.000000180. The van der Waals surface area contributed by atoms with Crippen LogP contribution < -0.4 is 5.73 Å². The lowest BCUT2D eigenvalue weighted by molar-refractivity contribution is -0.218. The van der Waals surface area contributed by atoms with E-state index >= 15 is 0 Å². The molecule has 9 saturated heterocycles. The third kappa shape index (κ3) is 17.8. The third-order valence-electron chi connectivity index (χ3n) is 14.1. The Morgan fingerprint density at radius 3 is 1.52 bits per heavy atom. The van der Waals surface area contributed by atoms with Crippen molar-refractivity contribution in [2.24, 2.45) is 21.9 Å². The summed E-state index contributed by atoms with van der Waals surface area (Å²) in [5, 5.41) is 43.4. The molecular weight excluding hydrogens is 1070 g/mol. The Hall–Kier alpha value is -3.56. The molecule has 9 fully saturated rings. The standard InChI is InChI=1S/C10H15N3O5.C10H18O3.C9H15N3O3.C9H14O3.C8H14O5.C5H10BNO3/c1-4-7-8(12-13-11)9(16-5(2)14)10(18-7)17-6(3)15;1-5-7-6(2)8-9(11-7)13-10(3,4)12-8;1-4-5-6(11-12-10)7-8(13-5)15-9(2,3)14-7;1-4-6-5-7-8(10-6)12-9(2,3)11-7;1-8(2)12-6-5(10)4(3-9)11-7(6)13-8;6-5-4(9)3(7)2(1-8)10-5/h7-10H,4H2,1-3H3;6-9H,5H2,1-4H3;5-8H,4H2,1-3H3;5,7-8H,4H2,1-3H3;4-7,9-10H,3H2,1-2H3;2-5,8-9H,1,7H2/t7-,8+,9?,10-;6-,7+,8?,9-;5-,6+,7?,8+;7?,8-;4-,5+,6?,7+;2-,3+,4?,5-/m101011/s1. The Morgan fingerprint density at radius 1 is 0.617 bits per heavy atom. The summed E-state index contributed by atoms with van der Waals surface area (Å²) in [5.41, 5.74) is 22.4. The molecule has 6 N–H and O–H groups in total. The van der Waals surface area contributed by atoms with Gasteiger partial charge in [-0.3, -0.25) is 9.59 Å². The Bertz CT molecular complexity index is 2150. The van der Waals surface area contributed by atoms with Gasteiger partial charge in [-0.15, -0.1) is 0 Å². The first kappa shape index (κ1) is 68.2. The van der Waals surface area contributed by atoms with E-state index in [0.29, 0.717) is 18.4 Å². The van der Waals surface area contributed by atoms with Gasteiger partial charge in [-0.05, 0) is 91.8 Å². The van der Waals surface area contributed by atoms with Crippen molar-refractivity contribution in [3.05, 3.63) is 32.7 Å².